The molecule has 0 bridgehead atoms. The van der Waals surface area contributed by atoms with E-state index in [1.54, 1.807) is 35.0 Å². The number of pyridine rings is 2. The first-order chi connectivity index (χ1) is 18.4. The van der Waals surface area contributed by atoms with Crippen LogP contribution in [0.1, 0.15) is 29.7 Å². The molecule has 1 fully saturated rings. The first-order valence-corrected chi connectivity index (χ1v) is 12.6. The summed E-state index contributed by atoms with van der Waals surface area (Å²) in [4.78, 5) is 32.6. The van der Waals surface area contributed by atoms with Gasteiger partial charge in [-0.15, -0.1) is 0 Å². The van der Waals surface area contributed by atoms with Crippen molar-refractivity contribution in [2.45, 2.75) is 37.6 Å². The van der Waals surface area contributed by atoms with Crippen LogP contribution in [0, 0.1) is 11.3 Å². The fourth-order valence-electron chi connectivity index (χ4n) is 5.95. The van der Waals surface area contributed by atoms with Crippen molar-refractivity contribution in [1.82, 2.24) is 19.4 Å². The highest BCUT2D eigenvalue weighted by Crippen LogP contribution is 2.39. The number of fused-ring (bicyclic) bond motifs is 1. The number of carbonyl (C=O) groups is 1. The van der Waals surface area contributed by atoms with Gasteiger partial charge in [0.2, 0.25) is 0 Å². The summed E-state index contributed by atoms with van der Waals surface area (Å²) in [6.45, 7) is 2.47. The molecule has 1 atom stereocenters. The van der Waals surface area contributed by atoms with Crippen molar-refractivity contribution in [3.8, 4) is 17.6 Å². The van der Waals surface area contributed by atoms with Gasteiger partial charge in [-0.2, -0.15) is 5.26 Å². The molecule has 3 aromatic rings. The minimum absolute atomic E-state index is 0.0775. The van der Waals surface area contributed by atoms with Gasteiger partial charge in [-0.3, -0.25) is 19.6 Å². The van der Waals surface area contributed by atoms with Crippen LogP contribution in [0.15, 0.2) is 41.3 Å². The van der Waals surface area contributed by atoms with E-state index in [2.05, 4.69) is 16.0 Å². The molecule has 0 aliphatic carbocycles. The van der Waals surface area contributed by atoms with Crippen LogP contribution in [0.25, 0.3) is 10.9 Å². The summed E-state index contributed by atoms with van der Waals surface area (Å²) in [5.74, 6) is 1.12. The van der Waals surface area contributed by atoms with E-state index >= 15 is 0 Å². The van der Waals surface area contributed by atoms with E-state index in [4.69, 9.17) is 9.47 Å². The van der Waals surface area contributed by atoms with Crippen molar-refractivity contribution < 1.29 is 24.5 Å². The van der Waals surface area contributed by atoms with E-state index in [1.807, 2.05) is 0 Å². The molecule has 0 spiro atoms. The molecule has 0 saturated carbocycles. The summed E-state index contributed by atoms with van der Waals surface area (Å²) in [6.07, 6.45) is 1.70. The molecule has 11 nitrogen and oxygen atoms in total. The summed E-state index contributed by atoms with van der Waals surface area (Å²) in [6, 6.07) is 10.4. The number of likely N-dealkylation sites (tertiary alicyclic amines) is 1. The van der Waals surface area contributed by atoms with Crippen LogP contribution in [0.5, 0.6) is 11.5 Å². The van der Waals surface area contributed by atoms with Crippen molar-refractivity contribution >= 4 is 17.0 Å². The lowest BCUT2D eigenvalue weighted by molar-refractivity contribution is -0.0187. The maximum absolute atomic E-state index is 12.6. The maximum atomic E-state index is 12.6. The van der Waals surface area contributed by atoms with Gasteiger partial charge in [-0.25, -0.2) is 4.79 Å². The van der Waals surface area contributed by atoms with Gasteiger partial charge in [0.1, 0.15) is 18.8 Å². The third kappa shape index (κ3) is 4.12. The van der Waals surface area contributed by atoms with Crippen molar-refractivity contribution in [1.29, 1.82) is 5.26 Å². The number of piperidine rings is 1. The molecule has 38 heavy (non-hydrogen) atoms. The number of hydrogen-bond acceptors (Lipinski definition) is 8. The first-order valence-electron chi connectivity index (χ1n) is 12.6. The van der Waals surface area contributed by atoms with Gasteiger partial charge in [0, 0.05) is 43.4 Å². The van der Waals surface area contributed by atoms with Gasteiger partial charge >= 0.3 is 6.09 Å². The molecule has 5 heterocycles. The number of nitriles is 1. The minimum atomic E-state index is -1.40. The monoisotopic (exact) mass is 517 g/mol. The van der Waals surface area contributed by atoms with E-state index in [1.165, 1.54) is 11.0 Å². The second kappa shape index (κ2) is 9.31. The number of aliphatic hydroxyl groups is 1. The van der Waals surface area contributed by atoms with Crippen LogP contribution in [0.4, 0.5) is 4.79 Å². The zero-order valence-corrected chi connectivity index (χ0v) is 20.7. The second-order valence-corrected chi connectivity index (χ2v) is 10.1. The Kier molecular flexibility index (Phi) is 5.93. The van der Waals surface area contributed by atoms with Crippen molar-refractivity contribution in [3.63, 3.8) is 0 Å². The van der Waals surface area contributed by atoms with Crippen LogP contribution in [0.2, 0.25) is 0 Å². The summed E-state index contributed by atoms with van der Waals surface area (Å²) >= 11 is 0. The van der Waals surface area contributed by atoms with Crippen molar-refractivity contribution in [2.75, 3.05) is 32.8 Å². The van der Waals surface area contributed by atoms with Gasteiger partial charge in [0.05, 0.1) is 42.1 Å². The number of hydrogen-bond donors (Lipinski definition) is 2. The lowest BCUT2D eigenvalue weighted by Gasteiger charge is -2.39. The maximum Gasteiger partial charge on any atom is 0.407 e. The van der Waals surface area contributed by atoms with Crippen molar-refractivity contribution in [2.24, 2.45) is 0 Å². The molecule has 1 amide bonds. The van der Waals surface area contributed by atoms with Crippen LogP contribution in [-0.4, -0.2) is 74.5 Å². The molecule has 2 N–H and O–H groups in total. The third-order valence-corrected chi connectivity index (χ3v) is 7.70. The molecule has 2 aromatic heterocycles. The molecule has 1 unspecified atom stereocenters. The molecule has 3 aliphatic heterocycles. The molecule has 196 valence electrons. The minimum Gasteiger partial charge on any atom is -0.486 e. The van der Waals surface area contributed by atoms with Crippen LogP contribution in [-0.2, 0) is 18.7 Å². The van der Waals surface area contributed by atoms with Gasteiger partial charge < -0.3 is 24.3 Å². The summed E-state index contributed by atoms with van der Waals surface area (Å²) in [5, 5.41) is 32.3. The predicted octanol–water partition coefficient (Wildman–Crippen LogP) is 1.89. The molecular weight excluding hydrogens is 490 g/mol. The molecule has 1 saturated heterocycles. The third-order valence-electron chi connectivity index (χ3n) is 7.70. The lowest BCUT2D eigenvalue weighted by Crippen LogP contribution is -2.50. The van der Waals surface area contributed by atoms with E-state index < -0.39 is 11.7 Å². The fraction of sp³-hybridized carbons (Fsp3) is 0.407. The number of nitrogens with zero attached hydrogens (tertiary/aromatic N) is 5. The molecular formula is C27H27N5O6. The molecule has 0 radical (unpaired) electrons. The van der Waals surface area contributed by atoms with Crippen LogP contribution in [0.3, 0.4) is 0 Å². The molecule has 3 aliphatic rings. The summed E-state index contributed by atoms with van der Waals surface area (Å²) in [7, 11) is 0. The topological polar surface area (TPSA) is 141 Å². The number of ether oxygens (including phenoxy) is 2. The Hall–Kier alpha value is -4.14. The second-order valence-electron chi connectivity index (χ2n) is 10.1. The number of amides is 1. The highest BCUT2D eigenvalue weighted by atomic mass is 16.6. The molecule has 1 aromatic carbocycles. The lowest BCUT2D eigenvalue weighted by atomic mass is 9.89. The van der Waals surface area contributed by atoms with Crippen molar-refractivity contribution in [3.05, 3.63) is 63.7 Å². The van der Waals surface area contributed by atoms with E-state index in [0.29, 0.717) is 73.0 Å². The van der Waals surface area contributed by atoms with E-state index in [9.17, 15) is 25.1 Å². The fourth-order valence-corrected chi connectivity index (χ4v) is 5.95. The van der Waals surface area contributed by atoms with Gasteiger partial charge in [0.25, 0.3) is 5.56 Å². The number of carboxylic acid groups (broad SMARTS) is 1. The number of benzene rings is 1. The standard InChI is InChI=1S/C27H27N5O6/c28-12-18-2-1-17-3-4-23(33)32-16-27(36,24(18)25(17)32)15-30-7-5-20(6-8-30)31(26(34)35)14-19-11-21-22(13-29-19)38-10-9-37-21/h1-4,11,13,20,36H,5-10,14-16H2,(H,34,35). The zero-order chi connectivity index (χ0) is 26.4. The number of β-amino-alcohol motifs (C(OH)–C–C–N with tert-alkyl or cyclic N) is 1. The molecule has 11 heteroatoms. The highest BCUT2D eigenvalue weighted by Gasteiger charge is 2.43. The zero-order valence-electron chi connectivity index (χ0n) is 20.7. The van der Waals surface area contributed by atoms with E-state index in [0.717, 1.165) is 5.39 Å². The summed E-state index contributed by atoms with van der Waals surface area (Å²) < 4.78 is 12.7. The van der Waals surface area contributed by atoms with Crippen LogP contribution >= 0.6 is 0 Å². The Labute approximate surface area is 218 Å². The Morgan fingerprint density at radius 1 is 1.18 bits per heavy atom. The normalized spacial score (nSPS) is 20.8. The Morgan fingerprint density at radius 2 is 1.92 bits per heavy atom. The van der Waals surface area contributed by atoms with Gasteiger partial charge in [-0.1, -0.05) is 6.07 Å². The first kappa shape index (κ1) is 24.2. The largest absolute Gasteiger partial charge is 0.486 e. The average molecular weight is 518 g/mol. The van der Waals surface area contributed by atoms with Crippen LogP contribution < -0.4 is 15.0 Å². The van der Waals surface area contributed by atoms with Gasteiger partial charge in [0.15, 0.2) is 11.5 Å². The molecule has 6 rings (SSSR count). The number of rotatable bonds is 5. The highest BCUT2D eigenvalue weighted by molar-refractivity contribution is 5.87. The SMILES string of the molecule is N#Cc1ccc2ccc(=O)n3c2c1C(O)(CN1CCC(N(Cc2cc4c(cn2)OCCO4)C(=O)O)CC1)C3. The Bertz CT molecular complexity index is 1520. The summed E-state index contributed by atoms with van der Waals surface area (Å²) in [5.41, 5.74) is 0.433. The van der Waals surface area contributed by atoms with E-state index in [-0.39, 0.29) is 31.2 Å². The predicted molar refractivity (Wildman–Crippen MR) is 135 cm³/mol. The Balaban J connectivity index is 1.17. The van der Waals surface area contributed by atoms with Gasteiger partial charge in [-0.05, 0) is 30.4 Å². The smallest absolute Gasteiger partial charge is 0.407 e. The quantitative estimate of drug-likeness (QED) is 0.519. The average Bonchev–Trinajstić information content (AvgIpc) is 3.24. The Morgan fingerprint density at radius 3 is 2.66 bits per heavy atom. The number of aromatic nitrogens is 2.